The van der Waals surface area contributed by atoms with E-state index in [4.69, 9.17) is 0 Å². The third-order valence-electron chi connectivity index (χ3n) is 5.48. The molecule has 0 N–H and O–H groups in total. The Hall–Kier alpha value is -2.20. The predicted molar refractivity (Wildman–Crippen MR) is 98.5 cm³/mol. The van der Waals surface area contributed by atoms with Crippen molar-refractivity contribution < 1.29 is 4.79 Å². The Labute approximate surface area is 149 Å². The molecule has 1 atom stereocenters. The summed E-state index contributed by atoms with van der Waals surface area (Å²) in [4.78, 5) is 21.5. The molecular weight excluding hydrogens is 310 g/mol. The summed E-state index contributed by atoms with van der Waals surface area (Å²) in [5.41, 5.74) is 3.56. The molecule has 2 aromatic rings. The van der Waals surface area contributed by atoms with Gasteiger partial charge in [-0.05, 0) is 48.9 Å². The van der Waals surface area contributed by atoms with E-state index >= 15 is 0 Å². The minimum absolute atomic E-state index is 0.0616. The van der Waals surface area contributed by atoms with E-state index in [1.54, 1.807) is 6.20 Å². The van der Waals surface area contributed by atoms with Crippen molar-refractivity contribution in [1.29, 1.82) is 0 Å². The zero-order valence-electron chi connectivity index (χ0n) is 14.6. The first-order chi connectivity index (χ1) is 12.3. The van der Waals surface area contributed by atoms with E-state index in [0.717, 1.165) is 32.6 Å². The lowest BCUT2D eigenvalue weighted by Gasteiger charge is -2.35. The minimum atomic E-state index is 0.0616. The van der Waals surface area contributed by atoms with E-state index in [2.05, 4.69) is 34.1 Å². The quantitative estimate of drug-likeness (QED) is 0.845. The summed E-state index contributed by atoms with van der Waals surface area (Å²) >= 11 is 0. The van der Waals surface area contributed by atoms with Crippen molar-refractivity contribution in [1.82, 2.24) is 14.8 Å². The number of fused-ring (bicyclic) bond motifs is 1. The van der Waals surface area contributed by atoms with E-state index in [0.29, 0.717) is 11.7 Å². The molecule has 4 nitrogen and oxygen atoms in total. The zero-order chi connectivity index (χ0) is 17.1. The Bertz CT molecular complexity index is 731. The molecule has 1 aromatic heterocycles. The summed E-state index contributed by atoms with van der Waals surface area (Å²) in [6, 6.07) is 14.9. The monoisotopic (exact) mass is 335 g/mol. The second-order valence-electron chi connectivity index (χ2n) is 7.00. The molecule has 130 valence electrons. The van der Waals surface area contributed by atoms with Crippen molar-refractivity contribution in [2.24, 2.45) is 0 Å². The van der Waals surface area contributed by atoms with Crippen LogP contribution in [-0.2, 0) is 6.42 Å². The molecule has 1 saturated heterocycles. The highest BCUT2D eigenvalue weighted by Crippen LogP contribution is 2.34. The van der Waals surface area contributed by atoms with Crippen LogP contribution in [-0.4, -0.2) is 46.9 Å². The van der Waals surface area contributed by atoms with Crippen molar-refractivity contribution in [2.75, 3.05) is 26.2 Å². The summed E-state index contributed by atoms with van der Waals surface area (Å²) in [7, 11) is 0. The SMILES string of the molecule is O=C(c1ccccn1)N1CCCN([C@@H]2CCCc3ccccc32)CC1. The fourth-order valence-electron chi connectivity index (χ4n) is 4.21. The van der Waals surface area contributed by atoms with Crippen LogP contribution in [0.5, 0.6) is 0 Å². The van der Waals surface area contributed by atoms with Gasteiger partial charge in [0.25, 0.3) is 5.91 Å². The summed E-state index contributed by atoms with van der Waals surface area (Å²) in [6.07, 6.45) is 6.40. The smallest absolute Gasteiger partial charge is 0.272 e. The molecule has 1 aromatic carbocycles. The summed E-state index contributed by atoms with van der Waals surface area (Å²) < 4.78 is 0. The van der Waals surface area contributed by atoms with Gasteiger partial charge < -0.3 is 4.90 Å². The van der Waals surface area contributed by atoms with Crippen LogP contribution in [0, 0.1) is 0 Å². The van der Waals surface area contributed by atoms with Crippen LogP contribution in [0.1, 0.15) is 46.9 Å². The second kappa shape index (κ2) is 7.36. The van der Waals surface area contributed by atoms with Crippen molar-refractivity contribution in [2.45, 2.75) is 31.7 Å². The average molecular weight is 335 g/mol. The van der Waals surface area contributed by atoms with Gasteiger partial charge in [-0.1, -0.05) is 30.3 Å². The largest absolute Gasteiger partial charge is 0.336 e. The van der Waals surface area contributed by atoms with Gasteiger partial charge in [-0.3, -0.25) is 14.7 Å². The third-order valence-corrected chi connectivity index (χ3v) is 5.48. The maximum atomic E-state index is 12.7. The van der Waals surface area contributed by atoms with Crippen molar-refractivity contribution in [3.8, 4) is 0 Å². The van der Waals surface area contributed by atoms with Gasteiger partial charge in [0.15, 0.2) is 0 Å². The Morgan fingerprint density at radius 2 is 1.84 bits per heavy atom. The van der Waals surface area contributed by atoms with Crippen LogP contribution in [0.4, 0.5) is 0 Å². The number of amides is 1. The fraction of sp³-hybridized carbons (Fsp3) is 0.429. The summed E-state index contributed by atoms with van der Waals surface area (Å²) in [5, 5.41) is 0. The van der Waals surface area contributed by atoms with Gasteiger partial charge in [-0.15, -0.1) is 0 Å². The van der Waals surface area contributed by atoms with E-state index in [1.807, 2.05) is 23.1 Å². The molecule has 0 unspecified atom stereocenters. The Kier molecular flexibility index (Phi) is 4.79. The maximum Gasteiger partial charge on any atom is 0.272 e. The number of carbonyl (C=O) groups is 1. The van der Waals surface area contributed by atoms with Gasteiger partial charge in [0.2, 0.25) is 0 Å². The Balaban J connectivity index is 1.46. The fourth-order valence-corrected chi connectivity index (χ4v) is 4.21. The molecule has 4 rings (SSSR count). The number of pyridine rings is 1. The molecule has 1 aliphatic carbocycles. The third kappa shape index (κ3) is 3.45. The first-order valence-corrected chi connectivity index (χ1v) is 9.35. The number of aromatic nitrogens is 1. The van der Waals surface area contributed by atoms with Crippen molar-refractivity contribution >= 4 is 5.91 Å². The number of hydrogen-bond donors (Lipinski definition) is 0. The van der Waals surface area contributed by atoms with Crippen molar-refractivity contribution in [3.05, 3.63) is 65.5 Å². The summed E-state index contributed by atoms with van der Waals surface area (Å²) in [5.74, 6) is 0.0616. The van der Waals surface area contributed by atoms with Crippen LogP contribution in [0.3, 0.4) is 0 Å². The number of benzene rings is 1. The average Bonchev–Trinajstić information content (AvgIpc) is 2.94. The van der Waals surface area contributed by atoms with E-state index < -0.39 is 0 Å². The lowest BCUT2D eigenvalue weighted by molar-refractivity contribution is 0.0751. The highest BCUT2D eigenvalue weighted by Gasteiger charge is 2.28. The van der Waals surface area contributed by atoms with Gasteiger partial charge in [-0.25, -0.2) is 0 Å². The Morgan fingerprint density at radius 1 is 0.960 bits per heavy atom. The molecule has 1 aliphatic heterocycles. The van der Waals surface area contributed by atoms with Crippen LogP contribution < -0.4 is 0 Å². The molecule has 25 heavy (non-hydrogen) atoms. The van der Waals surface area contributed by atoms with Crippen molar-refractivity contribution in [3.63, 3.8) is 0 Å². The molecule has 0 spiro atoms. The van der Waals surface area contributed by atoms with Gasteiger partial charge >= 0.3 is 0 Å². The van der Waals surface area contributed by atoms with E-state index in [9.17, 15) is 4.79 Å². The lowest BCUT2D eigenvalue weighted by Crippen LogP contribution is -2.37. The molecule has 0 bridgehead atoms. The normalized spacial score (nSPS) is 21.4. The molecule has 0 saturated carbocycles. The first kappa shape index (κ1) is 16.3. The number of rotatable bonds is 2. The molecule has 1 amide bonds. The number of nitrogens with zero attached hydrogens (tertiary/aromatic N) is 3. The molecule has 4 heteroatoms. The maximum absolute atomic E-state index is 12.7. The lowest BCUT2D eigenvalue weighted by atomic mass is 9.87. The predicted octanol–water partition coefficient (Wildman–Crippen LogP) is 3.31. The first-order valence-electron chi connectivity index (χ1n) is 9.35. The van der Waals surface area contributed by atoms with Crippen LogP contribution in [0.25, 0.3) is 0 Å². The molecule has 2 aliphatic rings. The zero-order valence-corrected chi connectivity index (χ0v) is 14.6. The van der Waals surface area contributed by atoms with Crippen LogP contribution in [0.15, 0.2) is 48.7 Å². The summed E-state index contributed by atoms with van der Waals surface area (Å²) in [6.45, 7) is 3.61. The highest BCUT2D eigenvalue weighted by atomic mass is 16.2. The topological polar surface area (TPSA) is 36.4 Å². The highest BCUT2D eigenvalue weighted by molar-refractivity contribution is 5.92. The van der Waals surface area contributed by atoms with Gasteiger partial charge in [-0.2, -0.15) is 0 Å². The van der Waals surface area contributed by atoms with E-state index in [-0.39, 0.29) is 5.91 Å². The van der Waals surface area contributed by atoms with E-state index in [1.165, 1.54) is 30.4 Å². The van der Waals surface area contributed by atoms with Crippen LogP contribution >= 0.6 is 0 Å². The number of carbonyl (C=O) groups excluding carboxylic acids is 1. The molecule has 0 radical (unpaired) electrons. The standard InChI is InChI=1S/C21H25N3O/c25-21(19-10-3-4-12-22-19)24-14-6-13-23(15-16-24)20-11-5-8-17-7-1-2-9-18(17)20/h1-4,7,9-10,12,20H,5-6,8,11,13-16H2/t20-/m1/s1. The van der Waals surface area contributed by atoms with Crippen LogP contribution in [0.2, 0.25) is 0 Å². The second-order valence-corrected chi connectivity index (χ2v) is 7.00. The molecule has 2 heterocycles. The van der Waals surface area contributed by atoms with Gasteiger partial charge in [0.1, 0.15) is 5.69 Å². The minimum Gasteiger partial charge on any atom is -0.336 e. The molecular formula is C21H25N3O. The molecule has 1 fully saturated rings. The van der Waals surface area contributed by atoms with Gasteiger partial charge in [0, 0.05) is 38.4 Å². The number of hydrogen-bond acceptors (Lipinski definition) is 3. The van der Waals surface area contributed by atoms with Gasteiger partial charge in [0.05, 0.1) is 0 Å². The Morgan fingerprint density at radius 3 is 2.72 bits per heavy atom. The number of aryl methyl sites for hydroxylation is 1.